The molecule has 12 saturated carbocycles. The van der Waals surface area contributed by atoms with Crippen LogP contribution in [-0.4, -0.2) is 211 Å². The van der Waals surface area contributed by atoms with Crippen molar-refractivity contribution in [3.63, 3.8) is 0 Å². The van der Waals surface area contributed by atoms with E-state index in [9.17, 15) is 51.4 Å². The Balaban J connectivity index is 0.000000134. The second-order valence-electron chi connectivity index (χ2n) is 30.9. The number of carbonyl (C=O) groups excluding carboxylic acids is 5. The fraction of sp³-hybridized carbons (Fsp3) is 0.571. The molecule has 2 N–H and O–H groups in total. The maximum atomic E-state index is 13.5. The molecule has 0 spiro atoms. The van der Waals surface area contributed by atoms with Crippen LogP contribution < -0.4 is 42.4 Å². The molecule has 0 amide bonds. The number of rotatable bonds is 20. The molecule has 104 heavy (non-hydrogen) atoms. The van der Waals surface area contributed by atoms with Gasteiger partial charge in [-0.05, 0) is 114 Å². The van der Waals surface area contributed by atoms with E-state index in [0.29, 0.717) is 57.8 Å². The Bertz CT molecular complexity index is 3440. The summed E-state index contributed by atoms with van der Waals surface area (Å²) in [6.45, 7) is 0.575. The van der Waals surface area contributed by atoms with Gasteiger partial charge in [0, 0.05) is 144 Å². The summed E-state index contributed by atoms with van der Waals surface area (Å²) in [5.41, 5.74) is -2.54. The van der Waals surface area contributed by atoms with Crippen molar-refractivity contribution in [2.45, 2.75) is 175 Å². The molecule has 14 aliphatic rings. The number of carboxylic acid groups (broad SMARTS) is 1. The molecule has 2 aliphatic heterocycles. The molecule has 14 unspecified atom stereocenters. The summed E-state index contributed by atoms with van der Waals surface area (Å²) in [7, 11) is 39.5. The van der Waals surface area contributed by atoms with Gasteiger partial charge in [0.15, 0.2) is 0 Å². The van der Waals surface area contributed by atoms with Crippen LogP contribution >= 0.6 is 0 Å². The van der Waals surface area contributed by atoms with E-state index >= 15 is 0 Å². The van der Waals surface area contributed by atoms with Crippen LogP contribution in [0.1, 0.15) is 117 Å². The van der Waals surface area contributed by atoms with Crippen LogP contribution in [0.3, 0.4) is 0 Å². The SMILES string of the molecule is CC(F)(F)C(=O)O.CC(F)(F)C(=O)OC12CC3CC(CC(OCC(=O)OC4C5CC6C(=O)OC4C6C5)(C3)C1)C2.O=C(COC12CC3CC(CC(O)(C3)C1)C2)OC1C2CC3C(=O)OC1C3C2.[B][B]B(B([B])[B])B(B([B])[B])B([B])[B].c1ccc([I-]c2ccccc2)cc1.c1ccc([I-]c2ccccc2)cc1. The van der Waals surface area contributed by atoms with Crippen molar-refractivity contribution >= 4 is 129 Å². The van der Waals surface area contributed by atoms with Crippen LogP contribution in [0.5, 0.6) is 0 Å². The predicted octanol–water partition coefficient (Wildman–Crippen LogP) is -0.228. The molecule has 18 rings (SSSR count). The first-order valence-electron chi connectivity index (χ1n) is 35.8. The fourth-order valence-electron chi connectivity index (χ4n) is 19.3. The molecule has 15 nitrogen and oxygen atoms in total. The summed E-state index contributed by atoms with van der Waals surface area (Å²) in [6.07, 6.45) is 8.55. The van der Waals surface area contributed by atoms with Crippen LogP contribution in [-0.2, 0) is 61.9 Å². The van der Waals surface area contributed by atoms with Crippen molar-refractivity contribution in [2.75, 3.05) is 13.2 Å². The number of esters is 5. The average molecular weight is 1630 g/mol. The first-order chi connectivity index (χ1) is 49.2. The Hall–Kier alpha value is -4.40. The summed E-state index contributed by atoms with van der Waals surface area (Å²) in [5.74, 6) is -9.55. The molecule has 15 radical (unpaired) electrons. The minimum atomic E-state index is -3.58. The zero-order valence-electron chi connectivity index (χ0n) is 58.3. The molecule has 14 atom stereocenters. The van der Waals surface area contributed by atoms with Crippen molar-refractivity contribution in [1.82, 2.24) is 0 Å². The molecule has 14 fully saturated rings. The Morgan fingerprint density at radius 1 is 0.529 bits per heavy atom. The van der Waals surface area contributed by atoms with Crippen LogP contribution in [0, 0.1) is 73.5 Å². The van der Waals surface area contributed by atoms with Crippen molar-refractivity contribution in [1.29, 1.82) is 0 Å². The van der Waals surface area contributed by atoms with Gasteiger partial charge in [-0.3, -0.25) is 9.59 Å². The number of ether oxygens (including phenoxy) is 7. The summed E-state index contributed by atoms with van der Waals surface area (Å²) < 4.78 is 95.3. The van der Waals surface area contributed by atoms with Gasteiger partial charge in [0.25, 0.3) is 0 Å². The third kappa shape index (κ3) is 19.8. The maximum absolute atomic E-state index is 13.5. The molecule has 34 heteroatoms. The van der Waals surface area contributed by atoms with Crippen LogP contribution in [0.2, 0.25) is 0 Å². The van der Waals surface area contributed by atoms with E-state index in [1.165, 1.54) is 27.8 Å². The van der Waals surface area contributed by atoms with Gasteiger partial charge in [0.2, 0.25) is 0 Å². The van der Waals surface area contributed by atoms with Crippen LogP contribution in [0.4, 0.5) is 17.6 Å². The number of alkyl halides is 4. The number of aliphatic hydroxyl groups is 1. The normalized spacial score (nSPS) is 32.9. The summed E-state index contributed by atoms with van der Waals surface area (Å²) in [6, 6.07) is 42.8. The topological polar surface area (TPSA) is 207 Å². The Kier molecular flexibility index (Phi) is 26.2. The van der Waals surface area contributed by atoms with Crippen LogP contribution in [0.15, 0.2) is 121 Å². The van der Waals surface area contributed by atoms with Gasteiger partial charge in [-0.25, -0.2) is 19.2 Å². The number of halogens is 6. The van der Waals surface area contributed by atoms with Crippen molar-refractivity contribution < 1.29 is 132 Å². The average Bonchev–Trinajstić information content (AvgIpc) is 0.856. The number of aliphatic carboxylic acids is 1. The first kappa shape index (κ1) is 80.6. The molecule has 2 heterocycles. The summed E-state index contributed by atoms with van der Waals surface area (Å²) in [5, 5.41) is 18.3. The Labute approximate surface area is 639 Å². The van der Waals surface area contributed by atoms with E-state index in [1.807, 2.05) is 0 Å². The Morgan fingerprint density at radius 2 is 0.875 bits per heavy atom. The fourth-order valence-corrected chi connectivity index (χ4v) is 23.9. The van der Waals surface area contributed by atoms with Gasteiger partial charge < -0.3 is 43.4 Å². The number of hydrogen-bond acceptors (Lipinski definition) is 14. The van der Waals surface area contributed by atoms with E-state index in [4.69, 9.17) is 92.4 Å². The van der Waals surface area contributed by atoms with Crippen molar-refractivity contribution in [2.24, 2.45) is 59.2 Å². The third-order valence-corrected chi connectivity index (χ3v) is 28.1. The quantitative estimate of drug-likeness (QED) is 0.0386. The zero-order valence-corrected chi connectivity index (χ0v) is 62.6. The summed E-state index contributed by atoms with van der Waals surface area (Å²) >= 11 is 0.0574. The first-order valence-corrected chi connectivity index (χ1v) is 40.2. The molecule has 2 saturated heterocycles. The van der Waals surface area contributed by atoms with E-state index < -0.39 is 78.2 Å². The molecule has 0 aromatic heterocycles. The molecule has 4 aromatic carbocycles. The number of fused-ring (bicyclic) bond motifs is 2. The monoisotopic (exact) mass is 1630 g/mol. The number of benzene rings is 4. The van der Waals surface area contributed by atoms with Crippen molar-refractivity contribution in [3.05, 3.63) is 136 Å². The summed E-state index contributed by atoms with van der Waals surface area (Å²) in [4.78, 5) is 70.0. The predicted molar refractivity (Wildman–Crippen MR) is 384 cm³/mol. The van der Waals surface area contributed by atoms with Gasteiger partial charge in [-0.2, -0.15) is 17.6 Å². The Morgan fingerprint density at radius 3 is 1.18 bits per heavy atom. The second kappa shape index (κ2) is 33.8. The van der Waals surface area contributed by atoms with E-state index in [2.05, 4.69) is 121 Å². The van der Waals surface area contributed by atoms with E-state index in [0.717, 1.165) is 64.2 Å². The molecule has 531 valence electrons. The number of carboxylic acids is 1. The molecular formula is C70H78B13F4I2O15-2. The second-order valence-corrected chi connectivity index (χ2v) is 37.0. The number of hydrogen-bond donors (Lipinski definition) is 2. The van der Waals surface area contributed by atoms with E-state index in [1.54, 1.807) is 0 Å². The minimum absolute atomic E-state index is 0.0287. The van der Waals surface area contributed by atoms with E-state index in [-0.39, 0.29) is 151 Å². The van der Waals surface area contributed by atoms with Gasteiger partial charge in [-0.1, -0.05) is 0 Å². The van der Waals surface area contributed by atoms with Gasteiger partial charge in [0.1, 0.15) is 43.2 Å². The molecule has 4 aromatic rings. The standard InChI is InChI=1S/C23H28F2O7.C20H26O6.2C12H10I.C3H4F2O2.B13/c1-21(24,25)20(28)32-23-7-11-2-12(8-23)6-22(5-11,10-23)29-9-16(26)30-17-13-3-14-15(4-13)19(27)31-18(14)17;21-15(25-16-12-2-13-14(3-12)18(22)26-17(13)16)8-24-20-6-10-1-11(7-20)5-19(23,4-10)9-20;2*1-3-7-11(8-4-1)13-12-9-5-2-6-10-12;1-3(4,5)2(6)7;1-8-12(9(2)3)13(10(4)5)11(6)7/h11-15,17-18H,2-10H2,1H3;10-14,16-17,23H,1-9H2;2*1-10H;1H3,(H,6,7);/q;;2*-1;;. The molecule has 12 aliphatic carbocycles. The van der Waals surface area contributed by atoms with Crippen molar-refractivity contribution in [3.8, 4) is 0 Å². The number of carbonyl (C=O) groups is 6. The van der Waals surface area contributed by atoms with Crippen LogP contribution in [0.25, 0.3) is 0 Å². The molecular weight excluding hydrogens is 1550 g/mol. The zero-order chi connectivity index (χ0) is 74.7. The van der Waals surface area contributed by atoms with Gasteiger partial charge in [-0.15, -0.1) is 0 Å². The molecule has 12 bridgehead atoms. The third-order valence-electron chi connectivity index (χ3n) is 22.7. The van der Waals surface area contributed by atoms with Gasteiger partial charge in [0.05, 0.1) is 28.6 Å². The van der Waals surface area contributed by atoms with Gasteiger partial charge >= 0.3 is 226 Å².